The van der Waals surface area contributed by atoms with Crippen molar-refractivity contribution in [2.75, 3.05) is 13.2 Å². The van der Waals surface area contributed by atoms with Gasteiger partial charge in [0.25, 0.3) is 0 Å². The summed E-state index contributed by atoms with van der Waals surface area (Å²) in [6.45, 7) is 3.38. The highest BCUT2D eigenvalue weighted by Gasteiger charge is 2.48. The highest BCUT2D eigenvalue weighted by atomic mass is 32.3. The summed E-state index contributed by atoms with van der Waals surface area (Å²) in [6.07, 6.45) is 33.5. The molecule has 0 aromatic rings. The molecule has 0 radical (unpaired) electrons. The number of ether oxygens (including phenoxy) is 2. The Morgan fingerprint density at radius 1 is 0.661 bits per heavy atom. The van der Waals surface area contributed by atoms with Crippen LogP contribution in [-0.2, 0) is 28.9 Å². The SMILES string of the molecule is CCCCCCCC/C=C\CCCCCCCCCC(=O)NC(COC1OC(CO)C(O)C(OS(=O)(=O)O)C1O)C(O)/C=C/CCCCCCCCCCCCCCC. The molecule has 0 aromatic carbocycles. The molecule has 59 heavy (non-hydrogen) atoms. The number of aliphatic hydroxyl groups excluding tert-OH is 4. The van der Waals surface area contributed by atoms with Crippen LogP contribution in [0.1, 0.15) is 206 Å². The predicted molar refractivity (Wildman–Crippen MR) is 236 cm³/mol. The molecular weight excluding hydrogens is 775 g/mol. The first-order valence-electron chi connectivity index (χ1n) is 23.7. The van der Waals surface area contributed by atoms with Crippen molar-refractivity contribution >= 4 is 16.3 Å². The number of aliphatic hydroxyl groups is 4. The van der Waals surface area contributed by atoms with Crippen molar-refractivity contribution in [3.05, 3.63) is 24.3 Å². The Labute approximate surface area is 359 Å². The van der Waals surface area contributed by atoms with Crippen LogP contribution in [0.15, 0.2) is 24.3 Å². The van der Waals surface area contributed by atoms with E-state index in [1.807, 2.05) is 6.08 Å². The number of allylic oxidation sites excluding steroid dienone is 3. The zero-order valence-electron chi connectivity index (χ0n) is 37.1. The summed E-state index contributed by atoms with van der Waals surface area (Å²) in [6, 6.07) is -0.943. The van der Waals surface area contributed by atoms with Crippen LogP contribution < -0.4 is 5.32 Å². The predicted octanol–water partition coefficient (Wildman–Crippen LogP) is 9.33. The van der Waals surface area contributed by atoms with E-state index in [1.165, 1.54) is 135 Å². The van der Waals surface area contributed by atoms with Crippen molar-refractivity contribution in [1.82, 2.24) is 5.32 Å². The van der Waals surface area contributed by atoms with Gasteiger partial charge in [0.05, 0.1) is 25.4 Å². The molecule has 0 spiro atoms. The van der Waals surface area contributed by atoms with Gasteiger partial charge in [-0.25, -0.2) is 4.18 Å². The highest BCUT2D eigenvalue weighted by Crippen LogP contribution is 2.26. The molecule has 7 atom stereocenters. The van der Waals surface area contributed by atoms with E-state index < -0.39 is 59.9 Å². The van der Waals surface area contributed by atoms with Crippen molar-refractivity contribution in [1.29, 1.82) is 0 Å². The lowest BCUT2D eigenvalue weighted by molar-refractivity contribution is -0.298. The summed E-state index contributed by atoms with van der Waals surface area (Å²) < 4.78 is 47.6. The maximum atomic E-state index is 13.0. The molecule has 1 saturated heterocycles. The molecule has 348 valence electrons. The Morgan fingerprint density at radius 2 is 1.08 bits per heavy atom. The monoisotopic (exact) mass is 862 g/mol. The molecule has 1 aliphatic heterocycles. The topological polar surface area (TPSA) is 192 Å². The van der Waals surface area contributed by atoms with Crippen molar-refractivity contribution < 1.29 is 51.8 Å². The van der Waals surface area contributed by atoms with Gasteiger partial charge < -0.3 is 35.2 Å². The molecule has 0 saturated carbocycles. The van der Waals surface area contributed by atoms with Crippen LogP contribution in [0.3, 0.4) is 0 Å². The van der Waals surface area contributed by atoms with Crippen LogP contribution in [-0.4, -0.2) is 95.4 Å². The first kappa shape index (κ1) is 55.6. The number of unbranched alkanes of at least 4 members (excludes halogenated alkanes) is 26. The van der Waals surface area contributed by atoms with Gasteiger partial charge in [-0.15, -0.1) is 0 Å². The van der Waals surface area contributed by atoms with Gasteiger partial charge in [-0.1, -0.05) is 179 Å². The van der Waals surface area contributed by atoms with Crippen LogP contribution >= 0.6 is 0 Å². The smallest absolute Gasteiger partial charge is 0.394 e. The normalized spacial score (nSPS) is 21.1. The van der Waals surface area contributed by atoms with Gasteiger partial charge in [-0.3, -0.25) is 9.35 Å². The standard InChI is InChI=1S/C46H87NO11S/c1-3-5-7-9-11-13-15-17-19-20-22-24-26-28-30-32-34-36-42(50)47-39(38-56-46-44(52)45(58-59(53,54)55)43(51)41(37-48)57-46)40(49)35-33-31-29-27-25-23-21-18-16-14-12-10-8-6-4-2/h17,19,33,35,39-41,43-46,48-49,51-52H,3-16,18,20-32,34,36-38H2,1-2H3,(H,47,50)(H,53,54,55)/b19-17-,35-33+. The second-order valence-electron chi connectivity index (χ2n) is 16.7. The number of carbonyl (C=O) groups is 1. The molecule has 0 aliphatic carbocycles. The van der Waals surface area contributed by atoms with E-state index in [0.29, 0.717) is 6.42 Å². The minimum absolute atomic E-state index is 0.265. The Morgan fingerprint density at radius 3 is 1.53 bits per heavy atom. The summed E-state index contributed by atoms with van der Waals surface area (Å²) in [5.74, 6) is -0.267. The van der Waals surface area contributed by atoms with Crippen LogP contribution in [0.4, 0.5) is 0 Å². The number of rotatable bonds is 40. The van der Waals surface area contributed by atoms with Crippen molar-refractivity contribution in [2.45, 2.75) is 249 Å². The maximum Gasteiger partial charge on any atom is 0.397 e. The molecule has 6 N–H and O–H groups in total. The van der Waals surface area contributed by atoms with E-state index in [-0.39, 0.29) is 18.9 Å². The van der Waals surface area contributed by atoms with E-state index in [2.05, 4.69) is 35.5 Å². The van der Waals surface area contributed by atoms with Crippen molar-refractivity contribution in [3.8, 4) is 0 Å². The quantitative estimate of drug-likeness (QED) is 0.0195. The third-order valence-electron chi connectivity index (χ3n) is 11.2. The van der Waals surface area contributed by atoms with Crippen molar-refractivity contribution in [3.63, 3.8) is 0 Å². The molecule has 1 amide bonds. The van der Waals surface area contributed by atoms with E-state index in [9.17, 15) is 38.2 Å². The van der Waals surface area contributed by atoms with Crippen LogP contribution in [0.5, 0.6) is 0 Å². The second-order valence-corrected chi connectivity index (χ2v) is 17.7. The number of carbonyl (C=O) groups excluding carboxylic acids is 1. The molecule has 1 heterocycles. The lowest BCUT2D eigenvalue weighted by Gasteiger charge is -2.41. The Balaban J connectivity index is 2.52. The molecule has 0 aromatic heterocycles. The second kappa shape index (κ2) is 37.2. The van der Waals surface area contributed by atoms with Gasteiger partial charge in [0, 0.05) is 6.42 Å². The zero-order chi connectivity index (χ0) is 43.4. The lowest BCUT2D eigenvalue weighted by Crippen LogP contribution is -2.61. The molecule has 0 bridgehead atoms. The molecule has 1 rings (SSSR count). The Bertz CT molecular complexity index is 1150. The third kappa shape index (κ3) is 30.3. The number of nitrogens with one attached hydrogen (secondary N) is 1. The first-order chi connectivity index (χ1) is 28.5. The van der Waals surface area contributed by atoms with Crippen LogP contribution in [0.25, 0.3) is 0 Å². The number of hydrogen-bond donors (Lipinski definition) is 6. The van der Waals surface area contributed by atoms with E-state index in [0.717, 1.165) is 44.9 Å². The van der Waals surface area contributed by atoms with Gasteiger partial charge in [-0.05, 0) is 44.9 Å². The van der Waals surface area contributed by atoms with E-state index >= 15 is 0 Å². The fourth-order valence-corrected chi connectivity index (χ4v) is 8.02. The first-order valence-corrected chi connectivity index (χ1v) is 25.1. The van der Waals surface area contributed by atoms with Gasteiger partial charge in [-0.2, -0.15) is 8.42 Å². The van der Waals surface area contributed by atoms with Gasteiger partial charge in [0.1, 0.15) is 24.4 Å². The molecule has 12 nitrogen and oxygen atoms in total. The Kier molecular flexibility index (Phi) is 35.0. The molecule has 1 aliphatic rings. The van der Waals surface area contributed by atoms with Crippen LogP contribution in [0, 0.1) is 0 Å². The average molecular weight is 862 g/mol. The van der Waals surface area contributed by atoms with Gasteiger partial charge in [0.2, 0.25) is 5.91 Å². The maximum absolute atomic E-state index is 13.0. The zero-order valence-corrected chi connectivity index (χ0v) is 37.9. The fraction of sp³-hybridized carbons (Fsp3) is 0.891. The lowest BCUT2D eigenvalue weighted by atomic mass is 9.99. The molecule has 13 heteroatoms. The summed E-state index contributed by atoms with van der Waals surface area (Å²) in [7, 11) is -5.08. The van der Waals surface area contributed by atoms with E-state index in [1.54, 1.807) is 6.08 Å². The molecule has 1 fully saturated rings. The minimum atomic E-state index is -5.08. The summed E-state index contributed by atoms with van der Waals surface area (Å²) >= 11 is 0. The Hall–Kier alpha value is -1.42. The summed E-state index contributed by atoms with van der Waals surface area (Å²) in [4.78, 5) is 13.0. The highest BCUT2D eigenvalue weighted by molar-refractivity contribution is 7.80. The summed E-state index contributed by atoms with van der Waals surface area (Å²) in [5.41, 5.74) is 0. The van der Waals surface area contributed by atoms with Crippen molar-refractivity contribution in [2.24, 2.45) is 0 Å². The van der Waals surface area contributed by atoms with E-state index in [4.69, 9.17) is 9.47 Å². The van der Waals surface area contributed by atoms with Gasteiger partial charge >= 0.3 is 10.4 Å². The third-order valence-corrected chi connectivity index (χ3v) is 11.7. The molecule has 7 unspecified atom stereocenters. The fourth-order valence-electron chi connectivity index (χ4n) is 7.51. The summed E-state index contributed by atoms with van der Waals surface area (Å²) in [5, 5.41) is 44.7. The number of hydrogen-bond acceptors (Lipinski definition) is 10. The minimum Gasteiger partial charge on any atom is -0.394 e. The number of amides is 1. The van der Waals surface area contributed by atoms with Gasteiger partial charge in [0.15, 0.2) is 6.29 Å². The van der Waals surface area contributed by atoms with Crippen LogP contribution in [0.2, 0.25) is 0 Å². The average Bonchev–Trinajstić information content (AvgIpc) is 3.20. The largest absolute Gasteiger partial charge is 0.397 e. The molecular formula is C46H87NO11S.